The lowest BCUT2D eigenvalue weighted by Crippen LogP contribution is -2.16. The summed E-state index contributed by atoms with van der Waals surface area (Å²) in [4.78, 5) is 0. The minimum Gasteiger partial charge on any atom is -0.382 e. The maximum Gasteiger partial charge on any atom is 0.145 e. The molecule has 1 fully saturated rings. The summed E-state index contributed by atoms with van der Waals surface area (Å²) in [6.45, 7) is 2.96. The molecule has 0 aliphatic carbocycles. The van der Waals surface area contributed by atoms with E-state index in [0.717, 1.165) is 26.0 Å². The van der Waals surface area contributed by atoms with E-state index in [0.29, 0.717) is 25.1 Å². The van der Waals surface area contributed by atoms with E-state index in [1.54, 1.807) is 10.7 Å². The van der Waals surface area contributed by atoms with Crippen molar-refractivity contribution >= 4 is 5.82 Å². The van der Waals surface area contributed by atoms with Gasteiger partial charge in [-0.25, -0.2) is 0 Å². The summed E-state index contributed by atoms with van der Waals surface area (Å²) in [5.74, 6) is 0.550. The zero-order valence-corrected chi connectivity index (χ0v) is 8.76. The second-order valence-electron chi connectivity index (χ2n) is 3.71. The molecule has 1 unspecified atom stereocenters. The molecule has 2 rings (SSSR count). The van der Waals surface area contributed by atoms with Gasteiger partial charge in [0, 0.05) is 12.8 Å². The monoisotopic (exact) mass is 211 g/mol. The molecule has 2 N–H and O–H groups in total. The Balaban J connectivity index is 1.58. The molecule has 1 aromatic rings. The maximum atomic E-state index is 5.50. The van der Waals surface area contributed by atoms with E-state index in [1.807, 2.05) is 6.20 Å². The van der Waals surface area contributed by atoms with Crippen molar-refractivity contribution < 1.29 is 9.47 Å². The first-order chi connectivity index (χ1) is 7.34. The maximum absolute atomic E-state index is 5.50. The van der Waals surface area contributed by atoms with Crippen LogP contribution in [0, 0.1) is 0 Å². The van der Waals surface area contributed by atoms with Gasteiger partial charge in [0.25, 0.3) is 0 Å². The van der Waals surface area contributed by atoms with Crippen LogP contribution in [0.2, 0.25) is 0 Å². The third kappa shape index (κ3) is 3.21. The van der Waals surface area contributed by atoms with Crippen LogP contribution in [0.5, 0.6) is 0 Å². The Bertz CT molecular complexity index is 295. The van der Waals surface area contributed by atoms with Crippen molar-refractivity contribution in [2.75, 3.05) is 25.6 Å². The van der Waals surface area contributed by atoms with Gasteiger partial charge in [0.05, 0.1) is 25.9 Å². The van der Waals surface area contributed by atoms with Gasteiger partial charge in [-0.05, 0) is 18.9 Å². The van der Waals surface area contributed by atoms with Gasteiger partial charge in [0.1, 0.15) is 5.82 Å². The van der Waals surface area contributed by atoms with E-state index in [4.69, 9.17) is 15.2 Å². The van der Waals surface area contributed by atoms with Gasteiger partial charge in [0.2, 0.25) is 0 Å². The van der Waals surface area contributed by atoms with Crippen LogP contribution >= 0.6 is 0 Å². The predicted molar refractivity (Wildman–Crippen MR) is 56.4 cm³/mol. The molecule has 0 radical (unpaired) electrons. The highest BCUT2D eigenvalue weighted by molar-refractivity contribution is 5.23. The van der Waals surface area contributed by atoms with Crippen LogP contribution in [0.15, 0.2) is 12.3 Å². The van der Waals surface area contributed by atoms with Crippen LogP contribution in [0.3, 0.4) is 0 Å². The summed E-state index contributed by atoms with van der Waals surface area (Å²) in [6, 6.07) is 1.78. The third-order valence-corrected chi connectivity index (χ3v) is 2.45. The molecule has 1 aliphatic rings. The van der Waals surface area contributed by atoms with Crippen LogP contribution in [-0.4, -0.2) is 35.7 Å². The summed E-state index contributed by atoms with van der Waals surface area (Å²) >= 11 is 0. The van der Waals surface area contributed by atoms with Crippen molar-refractivity contribution in [3.05, 3.63) is 12.3 Å². The van der Waals surface area contributed by atoms with E-state index in [-0.39, 0.29) is 0 Å². The van der Waals surface area contributed by atoms with E-state index < -0.39 is 0 Å². The standard InChI is InChI=1S/C10H17N3O2/c11-10-3-4-13(12-10)5-7-14-8-9-2-1-6-15-9/h3-4,9H,1-2,5-8H2,(H2,11,12). The number of hydrogen-bond donors (Lipinski definition) is 1. The normalized spacial score (nSPS) is 20.9. The van der Waals surface area contributed by atoms with Gasteiger partial charge in [-0.15, -0.1) is 0 Å². The second-order valence-corrected chi connectivity index (χ2v) is 3.71. The lowest BCUT2D eigenvalue weighted by atomic mass is 10.2. The van der Waals surface area contributed by atoms with Crippen LogP contribution in [-0.2, 0) is 16.0 Å². The van der Waals surface area contributed by atoms with Gasteiger partial charge in [-0.3, -0.25) is 4.68 Å². The van der Waals surface area contributed by atoms with Gasteiger partial charge in [0.15, 0.2) is 0 Å². The van der Waals surface area contributed by atoms with Crippen molar-refractivity contribution in [2.45, 2.75) is 25.5 Å². The zero-order chi connectivity index (χ0) is 10.5. The van der Waals surface area contributed by atoms with E-state index >= 15 is 0 Å². The van der Waals surface area contributed by atoms with Crippen LogP contribution < -0.4 is 5.73 Å². The number of hydrogen-bond acceptors (Lipinski definition) is 4. The van der Waals surface area contributed by atoms with E-state index in [9.17, 15) is 0 Å². The number of nitrogens with zero attached hydrogens (tertiary/aromatic N) is 2. The number of anilines is 1. The quantitative estimate of drug-likeness (QED) is 0.727. The Morgan fingerprint density at radius 1 is 1.67 bits per heavy atom. The topological polar surface area (TPSA) is 62.3 Å². The van der Waals surface area contributed by atoms with E-state index in [2.05, 4.69) is 5.10 Å². The highest BCUT2D eigenvalue weighted by Gasteiger charge is 2.14. The molecular weight excluding hydrogens is 194 g/mol. The molecule has 1 saturated heterocycles. The Morgan fingerprint density at radius 2 is 2.60 bits per heavy atom. The first kappa shape index (κ1) is 10.4. The van der Waals surface area contributed by atoms with E-state index in [1.165, 1.54) is 0 Å². The minimum atomic E-state index is 0.299. The van der Waals surface area contributed by atoms with Crippen LogP contribution in [0.25, 0.3) is 0 Å². The van der Waals surface area contributed by atoms with Crippen LogP contribution in [0.4, 0.5) is 5.82 Å². The number of nitrogen functional groups attached to an aromatic ring is 1. The van der Waals surface area contributed by atoms with Gasteiger partial charge in [-0.1, -0.05) is 0 Å². The largest absolute Gasteiger partial charge is 0.382 e. The molecule has 5 nitrogen and oxygen atoms in total. The molecule has 84 valence electrons. The molecule has 0 amide bonds. The first-order valence-corrected chi connectivity index (χ1v) is 5.33. The highest BCUT2D eigenvalue weighted by Crippen LogP contribution is 2.11. The summed E-state index contributed by atoms with van der Waals surface area (Å²) < 4.78 is 12.7. The SMILES string of the molecule is Nc1ccn(CCOCC2CCCO2)n1. The fourth-order valence-corrected chi connectivity index (χ4v) is 1.65. The Hall–Kier alpha value is -1.07. The zero-order valence-electron chi connectivity index (χ0n) is 8.76. The minimum absolute atomic E-state index is 0.299. The molecule has 2 heterocycles. The van der Waals surface area contributed by atoms with Crippen molar-refractivity contribution in [3.8, 4) is 0 Å². The molecule has 0 bridgehead atoms. The molecular formula is C10H17N3O2. The Kier molecular flexibility index (Phi) is 3.58. The molecule has 1 aromatic heterocycles. The number of rotatable bonds is 5. The average molecular weight is 211 g/mol. The summed E-state index contributed by atoms with van der Waals surface area (Å²) in [5.41, 5.74) is 5.49. The molecule has 15 heavy (non-hydrogen) atoms. The van der Waals surface area contributed by atoms with Gasteiger partial charge in [-0.2, -0.15) is 5.10 Å². The number of nitrogens with two attached hydrogens (primary N) is 1. The number of ether oxygens (including phenoxy) is 2. The summed E-state index contributed by atoms with van der Waals surface area (Å²) in [5, 5.41) is 4.06. The summed E-state index contributed by atoms with van der Waals surface area (Å²) in [6.07, 6.45) is 4.43. The smallest absolute Gasteiger partial charge is 0.145 e. The Labute approximate surface area is 89.2 Å². The molecule has 1 aliphatic heterocycles. The van der Waals surface area contributed by atoms with Gasteiger partial charge < -0.3 is 15.2 Å². The molecule has 0 saturated carbocycles. The number of aromatic nitrogens is 2. The fourth-order valence-electron chi connectivity index (χ4n) is 1.65. The first-order valence-electron chi connectivity index (χ1n) is 5.33. The summed E-state index contributed by atoms with van der Waals surface area (Å²) in [7, 11) is 0. The highest BCUT2D eigenvalue weighted by atomic mass is 16.5. The van der Waals surface area contributed by atoms with Crippen molar-refractivity contribution in [3.63, 3.8) is 0 Å². The fraction of sp³-hybridized carbons (Fsp3) is 0.700. The Morgan fingerprint density at radius 3 is 3.27 bits per heavy atom. The molecule has 1 atom stereocenters. The van der Waals surface area contributed by atoms with Crippen molar-refractivity contribution in [1.29, 1.82) is 0 Å². The molecule has 0 spiro atoms. The van der Waals surface area contributed by atoms with Gasteiger partial charge >= 0.3 is 0 Å². The van der Waals surface area contributed by atoms with Crippen molar-refractivity contribution in [1.82, 2.24) is 9.78 Å². The lowest BCUT2D eigenvalue weighted by Gasteiger charge is -2.09. The molecule has 5 heteroatoms. The second kappa shape index (κ2) is 5.14. The average Bonchev–Trinajstić information content (AvgIpc) is 2.84. The third-order valence-electron chi connectivity index (χ3n) is 2.45. The lowest BCUT2D eigenvalue weighted by molar-refractivity contribution is 0.0142. The molecule has 0 aromatic carbocycles. The predicted octanol–water partition coefficient (Wildman–Crippen LogP) is 0.661. The van der Waals surface area contributed by atoms with Crippen LogP contribution in [0.1, 0.15) is 12.8 Å². The van der Waals surface area contributed by atoms with Crippen molar-refractivity contribution in [2.24, 2.45) is 0 Å².